The summed E-state index contributed by atoms with van der Waals surface area (Å²) in [6.07, 6.45) is 5.15. The van der Waals surface area contributed by atoms with Gasteiger partial charge in [0, 0.05) is 32.3 Å². The highest BCUT2D eigenvalue weighted by Gasteiger charge is 2.35. The van der Waals surface area contributed by atoms with E-state index in [2.05, 4.69) is 15.4 Å². The van der Waals surface area contributed by atoms with Gasteiger partial charge in [0.05, 0.1) is 24.0 Å². The number of urea groups is 1. The number of carbonyl (C=O) groups excluding carboxylic acids is 1. The third kappa shape index (κ3) is 4.53. The maximum atomic E-state index is 13.2. The average Bonchev–Trinajstić information content (AvgIpc) is 3.27. The number of hydrogen-bond donors (Lipinski definition) is 2. The Morgan fingerprint density at radius 3 is 2.62 bits per heavy atom. The lowest BCUT2D eigenvalue weighted by atomic mass is 9.91. The molecule has 10 nitrogen and oxygen atoms in total. The number of ether oxygens (including phenoxy) is 1. The van der Waals surface area contributed by atoms with Gasteiger partial charge < -0.3 is 20.1 Å². The number of nitrogens with zero attached hydrogens (tertiary/aromatic N) is 5. The Morgan fingerprint density at radius 2 is 1.91 bits per heavy atom. The summed E-state index contributed by atoms with van der Waals surface area (Å²) in [6.45, 7) is 2.18. The van der Waals surface area contributed by atoms with E-state index in [1.165, 1.54) is 33.9 Å². The van der Waals surface area contributed by atoms with Crippen LogP contribution in [-0.4, -0.2) is 73.3 Å². The fourth-order valence-corrected chi connectivity index (χ4v) is 4.54. The number of piperidine rings is 1. The summed E-state index contributed by atoms with van der Waals surface area (Å²) in [6, 6.07) is 5.75. The highest BCUT2D eigenvalue weighted by Crippen LogP contribution is 2.24. The Balaban J connectivity index is 1.26. The first-order chi connectivity index (χ1) is 16.4. The Labute approximate surface area is 195 Å². The van der Waals surface area contributed by atoms with Crippen LogP contribution < -0.4 is 10.9 Å². The minimum Gasteiger partial charge on any atom is -0.388 e. The van der Waals surface area contributed by atoms with Crippen molar-refractivity contribution in [3.05, 3.63) is 53.0 Å². The summed E-state index contributed by atoms with van der Waals surface area (Å²) in [4.78, 5) is 31.7. The van der Waals surface area contributed by atoms with E-state index in [-0.39, 0.29) is 30.0 Å². The van der Waals surface area contributed by atoms with Gasteiger partial charge in [0.2, 0.25) is 0 Å². The average molecular weight is 471 g/mol. The number of likely N-dealkylation sites (tertiary alicyclic amines) is 1. The number of carbonyl (C=O) groups is 1. The highest BCUT2D eigenvalue weighted by molar-refractivity contribution is 5.75. The van der Waals surface area contributed by atoms with Crippen molar-refractivity contribution in [2.75, 3.05) is 26.3 Å². The van der Waals surface area contributed by atoms with Crippen LogP contribution in [0.3, 0.4) is 0 Å². The predicted molar refractivity (Wildman–Crippen MR) is 121 cm³/mol. The van der Waals surface area contributed by atoms with E-state index >= 15 is 0 Å². The van der Waals surface area contributed by atoms with Crippen LogP contribution in [0, 0.1) is 5.82 Å². The fraction of sp³-hybridized carbons (Fsp3) is 0.478. The molecule has 5 rings (SSSR count). The molecule has 0 bridgehead atoms. The van der Waals surface area contributed by atoms with Gasteiger partial charge >= 0.3 is 6.03 Å². The molecule has 2 aliphatic heterocycles. The SMILES string of the molecule is O=C(NC1CCOCC1)N1CCC(O)(Cn2cnc3c(cnn3-c3ccc(F)cc3)c2=O)CC1. The van der Waals surface area contributed by atoms with Gasteiger partial charge in [-0.3, -0.25) is 9.36 Å². The van der Waals surface area contributed by atoms with Crippen molar-refractivity contribution in [3.8, 4) is 5.69 Å². The summed E-state index contributed by atoms with van der Waals surface area (Å²) >= 11 is 0. The van der Waals surface area contributed by atoms with Crippen molar-refractivity contribution in [1.82, 2.24) is 29.5 Å². The summed E-state index contributed by atoms with van der Waals surface area (Å²) in [5.41, 5.74) is -0.487. The van der Waals surface area contributed by atoms with Gasteiger partial charge in [-0.1, -0.05) is 0 Å². The van der Waals surface area contributed by atoms with Crippen LogP contribution in [0.15, 0.2) is 41.6 Å². The van der Waals surface area contributed by atoms with Gasteiger partial charge in [0.25, 0.3) is 5.56 Å². The first-order valence-electron chi connectivity index (χ1n) is 11.5. The number of rotatable bonds is 4. The van der Waals surface area contributed by atoms with Crippen LogP contribution in [0.25, 0.3) is 16.7 Å². The molecule has 2 amide bonds. The van der Waals surface area contributed by atoms with Gasteiger partial charge in [0.1, 0.15) is 17.5 Å². The predicted octanol–water partition coefficient (Wildman–Crippen LogP) is 1.44. The van der Waals surface area contributed by atoms with Crippen molar-refractivity contribution in [3.63, 3.8) is 0 Å². The molecule has 0 aliphatic carbocycles. The van der Waals surface area contributed by atoms with Crippen LogP contribution in [-0.2, 0) is 11.3 Å². The monoisotopic (exact) mass is 470 g/mol. The van der Waals surface area contributed by atoms with Gasteiger partial charge in [-0.2, -0.15) is 5.10 Å². The molecule has 2 N–H and O–H groups in total. The van der Waals surface area contributed by atoms with Crippen molar-refractivity contribution >= 4 is 17.1 Å². The molecule has 2 saturated heterocycles. The van der Waals surface area contributed by atoms with Crippen LogP contribution >= 0.6 is 0 Å². The second-order valence-electron chi connectivity index (χ2n) is 9.00. The lowest BCUT2D eigenvalue weighted by Crippen LogP contribution is -2.53. The van der Waals surface area contributed by atoms with Gasteiger partial charge in [-0.15, -0.1) is 0 Å². The fourth-order valence-electron chi connectivity index (χ4n) is 4.54. The van der Waals surface area contributed by atoms with Crippen LogP contribution in [0.5, 0.6) is 0 Å². The van der Waals surface area contributed by atoms with Crippen LogP contribution in [0.1, 0.15) is 25.7 Å². The van der Waals surface area contributed by atoms with Crippen LogP contribution in [0.4, 0.5) is 9.18 Å². The van der Waals surface area contributed by atoms with Gasteiger partial charge in [0.15, 0.2) is 5.65 Å². The molecule has 3 aromatic rings. The third-order valence-electron chi connectivity index (χ3n) is 6.62. The van der Waals surface area contributed by atoms with E-state index in [0.717, 1.165) is 12.8 Å². The second kappa shape index (κ2) is 9.15. The largest absolute Gasteiger partial charge is 0.388 e. The smallest absolute Gasteiger partial charge is 0.317 e. The molecular weight excluding hydrogens is 443 g/mol. The molecule has 180 valence electrons. The summed E-state index contributed by atoms with van der Waals surface area (Å²) in [5, 5.41) is 18.7. The Morgan fingerprint density at radius 1 is 1.21 bits per heavy atom. The minimum absolute atomic E-state index is 0.0753. The molecule has 0 atom stereocenters. The van der Waals surface area contributed by atoms with E-state index in [1.807, 2.05) is 0 Å². The first kappa shape index (κ1) is 22.5. The molecule has 0 radical (unpaired) electrons. The maximum Gasteiger partial charge on any atom is 0.317 e. The Kier molecular flexibility index (Phi) is 6.05. The number of aliphatic hydroxyl groups is 1. The van der Waals surface area contributed by atoms with Crippen molar-refractivity contribution < 1.29 is 19.0 Å². The zero-order valence-electron chi connectivity index (χ0n) is 18.7. The van der Waals surface area contributed by atoms with Crippen molar-refractivity contribution in [1.29, 1.82) is 0 Å². The Hall–Kier alpha value is -3.31. The molecule has 4 heterocycles. The second-order valence-corrected chi connectivity index (χ2v) is 9.00. The number of benzene rings is 1. The molecule has 0 unspecified atom stereocenters. The number of halogens is 1. The highest BCUT2D eigenvalue weighted by atomic mass is 19.1. The van der Waals surface area contributed by atoms with Crippen molar-refractivity contribution in [2.24, 2.45) is 0 Å². The standard InChI is InChI=1S/C23H27FN6O4/c24-16-1-3-18(4-2-16)30-20-19(13-26-30)21(31)29(15-25-20)14-23(33)7-9-28(10-8-23)22(32)27-17-5-11-34-12-6-17/h1-4,13,15,17,33H,5-12,14H2,(H,27,32). The molecule has 2 aliphatic rings. The van der Waals surface area contributed by atoms with E-state index in [1.54, 1.807) is 17.0 Å². The van der Waals surface area contributed by atoms with E-state index in [0.29, 0.717) is 55.9 Å². The normalized spacial score (nSPS) is 18.8. The van der Waals surface area contributed by atoms with E-state index in [9.17, 15) is 19.1 Å². The van der Waals surface area contributed by atoms with E-state index in [4.69, 9.17) is 4.74 Å². The number of aromatic nitrogens is 4. The van der Waals surface area contributed by atoms with Crippen molar-refractivity contribution in [2.45, 2.75) is 43.9 Å². The maximum absolute atomic E-state index is 13.2. The zero-order valence-corrected chi connectivity index (χ0v) is 18.7. The molecule has 2 aromatic heterocycles. The first-order valence-corrected chi connectivity index (χ1v) is 11.5. The van der Waals surface area contributed by atoms with Crippen LogP contribution in [0.2, 0.25) is 0 Å². The summed E-state index contributed by atoms with van der Waals surface area (Å²) in [7, 11) is 0. The summed E-state index contributed by atoms with van der Waals surface area (Å²) in [5.74, 6) is -0.365. The number of fused-ring (bicyclic) bond motifs is 1. The lowest BCUT2D eigenvalue weighted by Gasteiger charge is -2.39. The molecular formula is C23H27FN6O4. The number of nitrogens with one attached hydrogen (secondary N) is 1. The third-order valence-corrected chi connectivity index (χ3v) is 6.62. The van der Waals surface area contributed by atoms with Gasteiger partial charge in [-0.25, -0.2) is 18.9 Å². The molecule has 1 aromatic carbocycles. The number of hydrogen-bond acceptors (Lipinski definition) is 6. The molecule has 2 fully saturated rings. The van der Waals surface area contributed by atoms with Gasteiger partial charge in [-0.05, 0) is 49.9 Å². The minimum atomic E-state index is -1.12. The summed E-state index contributed by atoms with van der Waals surface area (Å²) < 4.78 is 21.4. The van der Waals surface area contributed by atoms with E-state index < -0.39 is 5.60 Å². The molecule has 0 spiro atoms. The zero-order chi connectivity index (χ0) is 23.7. The number of amides is 2. The quantitative estimate of drug-likeness (QED) is 0.596. The Bertz CT molecular complexity index is 1230. The topological polar surface area (TPSA) is 115 Å². The molecule has 34 heavy (non-hydrogen) atoms. The lowest BCUT2D eigenvalue weighted by molar-refractivity contribution is -0.0269. The molecule has 11 heteroatoms. The molecule has 0 saturated carbocycles.